The van der Waals surface area contributed by atoms with Crippen LogP contribution in [0.4, 0.5) is 0 Å². The summed E-state index contributed by atoms with van der Waals surface area (Å²) in [6, 6.07) is 8.78. The lowest BCUT2D eigenvalue weighted by molar-refractivity contribution is 0.0794. The number of hydrogen-bond acceptors (Lipinski definition) is 6. The quantitative estimate of drug-likeness (QED) is 0.493. The maximum absolute atomic E-state index is 9.65. The van der Waals surface area contributed by atoms with Crippen LogP contribution in [0.5, 0.6) is 5.75 Å². The topological polar surface area (TPSA) is 106 Å². The van der Waals surface area contributed by atoms with Gasteiger partial charge in [-0.3, -0.25) is 0 Å². The van der Waals surface area contributed by atoms with E-state index in [1.807, 2.05) is 6.07 Å². The van der Waals surface area contributed by atoms with E-state index in [9.17, 15) is 5.11 Å². The third-order valence-electron chi connectivity index (χ3n) is 2.41. The Labute approximate surface area is 111 Å². The molecule has 6 nitrogen and oxygen atoms in total. The highest BCUT2D eigenvalue weighted by atomic mass is 16.5. The zero-order chi connectivity index (χ0) is 14.1. The average molecular weight is 266 g/mol. The fourth-order valence-corrected chi connectivity index (χ4v) is 1.41. The van der Waals surface area contributed by atoms with E-state index in [1.54, 1.807) is 24.3 Å². The van der Waals surface area contributed by atoms with Gasteiger partial charge >= 0.3 is 0 Å². The molecule has 1 aromatic carbocycles. The van der Waals surface area contributed by atoms with E-state index >= 15 is 0 Å². The summed E-state index contributed by atoms with van der Waals surface area (Å²) in [5, 5.41) is 39.0. The molecule has 19 heavy (non-hydrogen) atoms. The van der Waals surface area contributed by atoms with E-state index in [0.717, 1.165) is 0 Å². The predicted molar refractivity (Wildman–Crippen MR) is 68.6 cm³/mol. The molecule has 0 fully saturated rings. The molecule has 4 N–H and O–H groups in total. The lowest BCUT2D eigenvalue weighted by atomic mass is 10.2. The number of nitrogens with zero attached hydrogens (tertiary/aromatic N) is 1. The Balaban J connectivity index is 2.30. The number of nitrogens with one attached hydrogen (secondary N) is 1. The monoisotopic (exact) mass is 266 g/mol. The van der Waals surface area contributed by atoms with Crippen LogP contribution < -0.4 is 10.1 Å². The van der Waals surface area contributed by atoms with Crippen LogP contribution in [0.3, 0.4) is 0 Å². The number of para-hydroxylation sites is 1. The first-order chi connectivity index (χ1) is 9.17. The number of aliphatic hydroxyl groups excluding tert-OH is 3. The number of aliphatic hydroxyl groups is 3. The first-order valence-corrected chi connectivity index (χ1v) is 5.97. The minimum absolute atomic E-state index is 0.0426. The van der Waals surface area contributed by atoms with Crippen LogP contribution in [0, 0.1) is 11.3 Å². The second kappa shape index (κ2) is 8.45. The molecule has 0 radical (unpaired) electrons. The van der Waals surface area contributed by atoms with Crippen molar-refractivity contribution in [2.45, 2.75) is 12.2 Å². The minimum atomic E-state index is -0.840. The van der Waals surface area contributed by atoms with Crippen molar-refractivity contribution in [3.63, 3.8) is 0 Å². The number of nitriles is 1. The second-order valence-electron chi connectivity index (χ2n) is 4.07. The van der Waals surface area contributed by atoms with Crippen molar-refractivity contribution in [3.05, 3.63) is 29.8 Å². The Bertz CT molecular complexity index is 419. The lowest BCUT2D eigenvalue weighted by Crippen LogP contribution is -2.37. The van der Waals surface area contributed by atoms with Crippen LogP contribution in [0.15, 0.2) is 24.3 Å². The van der Waals surface area contributed by atoms with Gasteiger partial charge in [-0.25, -0.2) is 0 Å². The summed E-state index contributed by atoms with van der Waals surface area (Å²) >= 11 is 0. The van der Waals surface area contributed by atoms with E-state index in [0.29, 0.717) is 11.3 Å². The van der Waals surface area contributed by atoms with Crippen molar-refractivity contribution in [3.8, 4) is 11.8 Å². The summed E-state index contributed by atoms with van der Waals surface area (Å²) in [4.78, 5) is 0. The lowest BCUT2D eigenvalue weighted by Gasteiger charge is -2.15. The Morgan fingerprint density at radius 2 is 1.89 bits per heavy atom. The van der Waals surface area contributed by atoms with Gasteiger partial charge in [0.15, 0.2) is 0 Å². The molecule has 0 amide bonds. The van der Waals surface area contributed by atoms with E-state index in [-0.39, 0.29) is 26.3 Å². The van der Waals surface area contributed by atoms with E-state index in [4.69, 9.17) is 20.2 Å². The third kappa shape index (κ3) is 5.68. The predicted octanol–water partition coefficient (Wildman–Crippen LogP) is -0.759. The zero-order valence-electron chi connectivity index (χ0n) is 10.5. The van der Waals surface area contributed by atoms with Gasteiger partial charge in [0, 0.05) is 13.1 Å². The van der Waals surface area contributed by atoms with Gasteiger partial charge in [-0.2, -0.15) is 5.26 Å². The molecule has 0 aliphatic heterocycles. The molecule has 6 heteroatoms. The first kappa shape index (κ1) is 15.4. The highest BCUT2D eigenvalue weighted by molar-refractivity contribution is 5.42. The highest BCUT2D eigenvalue weighted by Crippen LogP contribution is 2.16. The van der Waals surface area contributed by atoms with Crippen LogP contribution in [0.2, 0.25) is 0 Å². The Morgan fingerprint density at radius 1 is 1.21 bits per heavy atom. The Morgan fingerprint density at radius 3 is 2.58 bits per heavy atom. The van der Waals surface area contributed by atoms with Gasteiger partial charge in [-0.05, 0) is 12.1 Å². The normalized spacial score (nSPS) is 13.6. The van der Waals surface area contributed by atoms with Gasteiger partial charge < -0.3 is 25.4 Å². The van der Waals surface area contributed by atoms with Crippen LogP contribution >= 0.6 is 0 Å². The molecule has 0 heterocycles. The first-order valence-electron chi connectivity index (χ1n) is 5.97. The SMILES string of the molecule is N#Cc1ccccc1OCC(O)CNCC(O)CO. The molecule has 0 aliphatic carbocycles. The Hall–Kier alpha value is -1.65. The van der Waals surface area contributed by atoms with Gasteiger partial charge in [-0.1, -0.05) is 12.1 Å². The summed E-state index contributed by atoms with van der Waals surface area (Å²) < 4.78 is 5.35. The Kier molecular flexibility index (Phi) is 6.85. The summed E-state index contributed by atoms with van der Waals surface area (Å²) in [7, 11) is 0. The molecule has 2 atom stereocenters. The molecule has 0 aromatic heterocycles. The van der Waals surface area contributed by atoms with Gasteiger partial charge in [-0.15, -0.1) is 0 Å². The third-order valence-corrected chi connectivity index (χ3v) is 2.41. The molecule has 0 saturated carbocycles. The summed E-state index contributed by atoms with van der Waals surface area (Å²) in [5.74, 6) is 0.430. The molecular weight excluding hydrogens is 248 g/mol. The average Bonchev–Trinajstić information content (AvgIpc) is 2.45. The maximum Gasteiger partial charge on any atom is 0.137 e. The van der Waals surface area contributed by atoms with E-state index < -0.39 is 12.2 Å². The van der Waals surface area contributed by atoms with Crippen molar-refractivity contribution >= 4 is 0 Å². The number of hydrogen-bond donors (Lipinski definition) is 4. The fraction of sp³-hybridized carbons (Fsp3) is 0.462. The fourth-order valence-electron chi connectivity index (χ4n) is 1.41. The molecule has 104 valence electrons. The van der Waals surface area contributed by atoms with Gasteiger partial charge in [0.2, 0.25) is 0 Å². The van der Waals surface area contributed by atoms with Crippen LogP contribution in [-0.4, -0.2) is 53.8 Å². The van der Waals surface area contributed by atoms with Crippen molar-refractivity contribution in [1.29, 1.82) is 5.26 Å². The summed E-state index contributed by atoms with van der Waals surface area (Å²) in [5.41, 5.74) is 0.415. The maximum atomic E-state index is 9.65. The molecule has 0 aliphatic rings. The molecule has 0 saturated heterocycles. The van der Waals surface area contributed by atoms with E-state index in [1.165, 1.54) is 0 Å². The zero-order valence-corrected chi connectivity index (χ0v) is 10.5. The summed E-state index contributed by atoms with van der Waals surface area (Å²) in [6.07, 6.45) is -1.61. The minimum Gasteiger partial charge on any atom is -0.489 e. The van der Waals surface area contributed by atoms with Gasteiger partial charge in [0.1, 0.15) is 24.5 Å². The van der Waals surface area contributed by atoms with Crippen LogP contribution in [0.1, 0.15) is 5.56 Å². The van der Waals surface area contributed by atoms with Gasteiger partial charge in [0.05, 0.1) is 18.3 Å². The molecule has 0 spiro atoms. The van der Waals surface area contributed by atoms with Crippen LogP contribution in [-0.2, 0) is 0 Å². The highest BCUT2D eigenvalue weighted by Gasteiger charge is 2.08. The van der Waals surface area contributed by atoms with Crippen molar-refractivity contribution in [1.82, 2.24) is 5.32 Å². The molecule has 1 aromatic rings. The van der Waals surface area contributed by atoms with Gasteiger partial charge in [0.25, 0.3) is 0 Å². The van der Waals surface area contributed by atoms with E-state index in [2.05, 4.69) is 5.32 Å². The number of ether oxygens (including phenoxy) is 1. The molecule has 0 bridgehead atoms. The molecule has 2 unspecified atom stereocenters. The number of rotatable bonds is 8. The smallest absolute Gasteiger partial charge is 0.137 e. The number of benzene rings is 1. The van der Waals surface area contributed by atoms with Crippen molar-refractivity contribution in [2.75, 3.05) is 26.3 Å². The second-order valence-corrected chi connectivity index (χ2v) is 4.07. The molecule has 1 rings (SSSR count). The summed E-state index contributed by atoms with van der Waals surface area (Å²) in [6.45, 7) is 0.143. The molecular formula is C13H18N2O4. The standard InChI is InChI=1S/C13H18N2O4/c14-5-10-3-1-2-4-13(10)19-9-12(18)7-15-6-11(17)8-16/h1-4,11-12,15-18H,6-9H2. The van der Waals surface area contributed by atoms with Crippen LogP contribution in [0.25, 0.3) is 0 Å². The van der Waals surface area contributed by atoms with Crippen molar-refractivity contribution < 1.29 is 20.1 Å². The largest absolute Gasteiger partial charge is 0.489 e. The van der Waals surface area contributed by atoms with Crippen molar-refractivity contribution in [2.24, 2.45) is 0 Å².